The highest BCUT2D eigenvalue weighted by Crippen LogP contribution is 2.17. The lowest BCUT2D eigenvalue weighted by molar-refractivity contribution is 0.244. The van der Waals surface area contributed by atoms with Crippen molar-refractivity contribution in [1.29, 1.82) is 0 Å². The third-order valence-corrected chi connectivity index (χ3v) is 4.42. The van der Waals surface area contributed by atoms with Crippen LogP contribution < -0.4 is 16.2 Å². The Balaban J connectivity index is 1.66. The molecule has 0 unspecified atom stereocenters. The van der Waals surface area contributed by atoms with Gasteiger partial charge in [-0.1, -0.05) is 31.4 Å². The fourth-order valence-electron chi connectivity index (χ4n) is 3.16. The molecule has 1 fully saturated rings. The van der Waals surface area contributed by atoms with Gasteiger partial charge in [0.15, 0.2) is 0 Å². The van der Waals surface area contributed by atoms with E-state index < -0.39 is 0 Å². The molecular weight excluding hydrogens is 321 g/mol. The first-order valence-electron chi connectivity index (χ1n) is 8.62. The van der Waals surface area contributed by atoms with Gasteiger partial charge < -0.3 is 15.2 Å². The number of benzene rings is 1. The Morgan fingerprint density at radius 3 is 2.72 bits per heavy atom. The van der Waals surface area contributed by atoms with Crippen LogP contribution in [0.3, 0.4) is 0 Å². The van der Waals surface area contributed by atoms with Crippen LogP contribution in [0.25, 0.3) is 0 Å². The van der Waals surface area contributed by atoms with E-state index >= 15 is 0 Å². The Morgan fingerprint density at radius 1 is 1.16 bits per heavy atom. The Labute approximate surface area is 145 Å². The highest BCUT2D eigenvalue weighted by Gasteiger charge is 2.15. The molecule has 6 heteroatoms. The zero-order valence-corrected chi connectivity index (χ0v) is 14.0. The molecule has 2 N–H and O–H groups in total. The first kappa shape index (κ1) is 17.2. The molecule has 0 saturated heterocycles. The minimum atomic E-state index is -0.341. The number of amides is 2. The van der Waals surface area contributed by atoms with Crippen LogP contribution in [0.4, 0.5) is 14.9 Å². The second kappa shape index (κ2) is 7.96. The molecule has 1 aromatic carbocycles. The molecule has 0 bridgehead atoms. The summed E-state index contributed by atoms with van der Waals surface area (Å²) >= 11 is 0. The molecule has 25 heavy (non-hydrogen) atoms. The number of halogens is 1. The summed E-state index contributed by atoms with van der Waals surface area (Å²) in [6, 6.07) is 9.04. The molecule has 2 aromatic rings. The number of carbonyl (C=O) groups excluding carboxylic acids is 1. The summed E-state index contributed by atoms with van der Waals surface area (Å²) in [5.41, 5.74) is 1.01. The number of nitrogens with zero attached hydrogens (tertiary/aromatic N) is 1. The minimum absolute atomic E-state index is 0.206. The van der Waals surface area contributed by atoms with Gasteiger partial charge in [0.05, 0.1) is 12.2 Å². The molecule has 2 amide bonds. The minimum Gasteiger partial charge on any atom is -0.335 e. The summed E-state index contributed by atoms with van der Waals surface area (Å²) in [4.78, 5) is 24.1. The molecule has 1 aromatic heterocycles. The molecular formula is C19H22FN3O2. The van der Waals surface area contributed by atoms with Crippen LogP contribution in [0.15, 0.2) is 47.4 Å². The molecule has 5 nitrogen and oxygen atoms in total. The number of aromatic nitrogens is 1. The van der Waals surface area contributed by atoms with Gasteiger partial charge in [-0.2, -0.15) is 0 Å². The summed E-state index contributed by atoms with van der Waals surface area (Å²) in [6.07, 6.45) is 7.10. The number of carbonyl (C=O) groups is 1. The van der Waals surface area contributed by atoms with Gasteiger partial charge in [0.25, 0.3) is 5.56 Å². The third-order valence-electron chi connectivity index (χ3n) is 4.42. The maximum absolute atomic E-state index is 13.3. The van der Waals surface area contributed by atoms with Gasteiger partial charge in [-0.25, -0.2) is 9.18 Å². The van der Waals surface area contributed by atoms with Crippen LogP contribution in [0.5, 0.6) is 0 Å². The number of nitrogens with one attached hydrogen (secondary N) is 2. The number of urea groups is 1. The van der Waals surface area contributed by atoms with Gasteiger partial charge in [-0.15, -0.1) is 0 Å². The average Bonchev–Trinajstić information content (AvgIpc) is 2.59. The highest BCUT2D eigenvalue weighted by atomic mass is 19.1. The smallest absolute Gasteiger partial charge is 0.319 e. The van der Waals surface area contributed by atoms with Crippen LogP contribution in [0, 0.1) is 5.82 Å². The first-order valence-corrected chi connectivity index (χ1v) is 8.62. The van der Waals surface area contributed by atoms with Crippen molar-refractivity contribution in [3.63, 3.8) is 0 Å². The van der Waals surface area contributed by atoms with Gasteiger partial charge in [-0.3, -0.25) is 4.79 Å². The van der Waals surface area contributed by atoms with E-state index in [1.807, 2.05) is 0 Å². The van der Waals surface area contributed by atoms with E-state index in [9.17, 15) is 14.0 Å². The second-order valence-corrected chi connectivity index (χ2v) is 6.45. The van der Waals surface area contributed by atoms with Crippen molar-refractivity contribution >= 4 is 11.7 Å². The Hall–Kier alpha value is -2.63. The average molecular weight is 343 g/mol. The van der Waals surface area contributed by atoms with Crippen LogP contribution in [0.2, 0.25) is 0 Å². The van der Waals surface area contributed by atoms with Crippen LogP contribution >= 0.6 is 0 Å². The molecule has 1 aliphatic carbocycles. The number of anilines is 1. The summed E-state index contributed by atoms with van der Waals surface area (Å²) in [6.45, 7) is 0.246. The van der Waals surface area contributed by atoms with Crippen molar-refractivity contribution in [2.75, 3.05) is 5.32 Å². The number of hydrogen-bond acceptors (Lipinski definition) is 2. The Bertz CT molecular complexity index is 797. The van der Waals surface area contributed by atoms with Gasteiger partial charge >= 0.3 is 6.03 Å². The number of pyridine rings is 1. The molecule has 0 radical (unpaired) electrons. The maximum Gasteiger partial charge on any atom is 0.319 e. The SMILES string of the molecule is O=C(Nc1ccc(=O)n(Cc2cccc(F)c2)c1)NC1CCCCC1. The van der Waals surface area contributed by atoms with Crippen molar-refractivity contribution in [3.8, 4) is 0 Å². The summed E-state index contributed by atoms with van der Waals surface area (Å²) in [7, 11) is 0. The van der Waals surface area contributed by atoms with Crippen molar-refractivity contribution in [2.45, 2.75) is 44.7 Å². The van der Waals surface area contributed by atoms with Crippen molar-refractivity contribution in [3.05, 3.63) is 64.3 Å². The van der Waals surface area contributed by atoms with E-state index in [0.29, 0.717) is 11.3 Å². The van der Waals surface area contributed by atoms with Gasteiger partial charge in [0.2, 0.25) is 0 Å². The van der Waals surface area contributed by atoms with E-state index in [4.69, 9.17) is 0 Å². The quantitative estimate of drug-likeness (QED) is 0.892. The van der Waals surface area contributed by atoms with Crippen LogP contribution in [0.1, 0.15) is 37.7 Å². The van der Waals surface area contributed by atoms with E-state index in [1.54, 1.807) is 24.4 Å². The monoisotopic (exact) mass is 343 g/mol. The van der Waals surface area contributed by atoms with Crippen LogP contribution in [-0.4, -0.2) is 16.6 Å². The topological polar surface area (TPSA) is 63.1 Å². The molecule has 1 aliphatic rings. The fraction of sp³-hybridized carbons (Fsp3) is 0.368. The van der Waals surface area contributed by atoms with E-state index in [2.05, 4.69) is 10.6 Å². The van der Waals surface area contributed by atoms with Gasteiger partial charge in [-0.05, 0) is 36.6 Å². The van der Waals surface area contributed by atoms with E-state index in [1.165, 1.54) is 29.2 Å². The number of hydrogen-bond donors (Lipinski definition) is 2. The molecule has 0 spiro atoms. The fourth-order valence-corrected chi connectivity index (χ4v) is 3.16. The lowest BCUT2D eigenvalue weighted by atomic mass is 9.96. The highest BCUT2D eigenvalue weighted by molar-refractivity contribution is 5.89. The van der Waals surface area contributed by atoms with Crippen molar-refractivity contribution in [1.82, 2.24) is 9.88 Å². The van der Waals surface area contributed by atoms with Crippen molar-refractivity contribution in [2.24, 2.45) is 0 Å². The molecule has 3 rings (SSSR count). The molecule has 1 heterocycles. The van der Waals surface area contributed by atoms with Crippen LogP contribution in [-0.2, 0) is 6.54 Å². The van der Waals surface area contributed by atoms with Gasteiger partial charge in [0, 0.05) is 18.3 Å². The molecule has 132 valence electrons. The van der Waals surface area contributed by atoms with E-state index in [-0.39, 0.29) is 30.0 Å². The molecule has 0 aliphatic heterocycles. The normalized spacial score (nSPS) is 14.9. The number of rotatable bonds is 4. The Kier molecular flexibility index (Phi) is 5.48. The molecule has 1 saturated carbocycles. The largest absolute Gasteiger partial charge is 0.335 e. The summed E-state index contributed by atoms with van der Waals surface area (Å²) in [5, 5.41) is 5.74. The second-order valence-electron chi connectivity index (χ2n) is 6.45. The lowest BCUT2D eigenvalue weighted by Gasteiger charge is -2.22. The first-order chi connectivity index (χ1) is 12.1. The maximum atomic E-state index is 13.3. The summed E-state index contributed by atoms with van der Waals surface area (Å²) < 4.78 is 14.7. The third kappa shape index (κ3) is 4.92. The molecule has 0 atom stereocenters. The standard InChI is InChI=1S/C19H22FN3O2/c20-15-6-4-5-14(11-15)12-23-13-17(9-10-18(23)24)22-19(25)21-16-7-2-1-3-8-16/h4-6,9-11,13,16H,1-3,7-8,12H2,(H2,21,22,25). The zero-order valence-electron chi connectivity index (χ0n) is 14.0. The predicted molar refractivity (Wildman–Crippen MR) is 95.2 cm³/mol. The lowest BCUT2D eigenvalue weighted by Crippen LogP contribution is -2.39. The van der Waals surface area contributed by atoms with Crippen molar-refractivity contribution < 1.29 is 9.18 Å². The zero-order chi connectivity index (χ0) is 17.6. The Morgan fingerprint density at radius 2 is 1.96 bits per heavy atom. The predicted octanol–water partition coefficient (Wildman–Crippen LogP) is 3.49. The van der Waals surface area contributed by atoms with E-state index in [0.717, 1.165) is 25.7 Å². The van der Waals surface area contributed by atoms with Gasteiger partial charge in [0.1, 0.15) is 5.82 Å². The summed E-state index contributed by atoms with van der Waals surface area (Å²) in [5.74, 6) is -0.341.